The Labute approximate surface area is 101 Å². The zero-order chi connectivity index (χ0) is 12.3. The van der Waals surface area contributed by atoms with E-state index >= 15 is 0 Å². The molecular formula is C13H16N4. The molecule has 0 fully saturated rings. The maximum absolute atomic E-state index is 4.45. The number of nitrogens with zero attached hydrogens (tertiary/aromatic N) is 3. The number of hydrogen-bond acceptors (Lipinski definition) is 4. The predicted octanol–water partition coefficient (Wildman–Crippen LogP) is 2.45. The zero-order valence-corrected chi connectivity index (χ0v) is 10.4. The third kappa shape index (κ3) is 2.41. The highest BCUT2D eigenvalue weighted by molar-refractivity contribution is 5.57. The predicted molar refractivity (Wildman–Crippen MR) is 68.9 cm³/mol. The molecule has 0 aliphatic heterocycles. The largest absolute Gasteiger partial charge is 0.373 e. The van der Waals surface area contributed by atoms with E-state index in [-0.39, 0.29) is 0 Å². The van der Waals surface area contributed by atoms with E-state index in [2.05, 4.69) is 33.3 Å². The van der Waals surface area contributed by atoms with Crippen molar-refractivity contribution in [1.29, 1.82) is 0 Å². The molecular weight excluding hydrogens is 212 g/mol. The third-order valence-corrected chi connectivity index (χ3v) is 2.59. The summed E-state index contributed by atoms with van der Waals surface area (Å²) in [6.45, 7) is 4.07. The lowest BCUT2D eigenvalue weighted by Gasteiger charge is -2.07. The molecule has 0 bridgehead atoms. The molecule has 2 heterocycles. The Morgan fingerprint density at radius 3 is 2.82 bits per heavy atom. The first kappa shape index (κ1) is 11.5. The monoisotopic (exact) mass is 228 g/mol. The van der Waals surface area contributed by atoms with Gasteiger partial charge in [-0.2, -0.15) is 0 Å². The number of rotatable bonds is 3. The molecule has 0 aliphatic carbocycles. The van der Waals surface area contributed by atoms with Crippen LogP contribution in [0.4, 0.5) is 5.82 Å². The lowest BCUT2D eigenvalue weighted by molar-refractivity contribution is 1.05. The van der Waals surface area contributed by atoms with Crippen LogP contribution in [0.25, 0.3) is 11.5 Å². The summed E-state index contributed by atoms with van der Waals surface area (Å²) in [5.74, 6) is 1.51. The van der Waals surface area contributed by atoms with E-state index in [1.807, 2.05) is 26.1 Å². The summed E-state index contributed by atoms with van der Waals surface area (Å²) in [6.07, 6.45) is 2.70. The number of anilines is 1. The fraction of sp³-hybridized carbons (Fsp3) is 0.308. The lowest BCUT2D eigenvalue weighted by atomic mass is 10.1. The Bertz CT molecular complexity index is 523. The maximum Gasteiger partial charge on any atom is 0.180 e. The molecule has 0 unspecified atom stereocenters. The van der Waals surface area contributed by atoms with Gasteiger partial charge in [0.15, 0.2) is 5.82 Å². The van der Waals surface area contributed by atoms with Gasteiger partial charge < -0.3 is 5.32 Å². The van der Waals surface area contributed by atoms with Gasteiger partial charge in [-0.05, 0) is 25.0 Å². The molecule has 0 amide bonds. The first-order valence-corrected chi connectivity index (χ1v) is 5.72. The highest BCUT2D eigenvalue weighted by Gasteiger charge is 2.09. The first-order chi connectivity index (χ1) is 8.24. The summed E-state index contributed by atoms with van der Waals surface area (Å²) in [5.41, 5.74) is 2.97. The fourth-order valence-electron chi connectivity index (χ4n) is 1.73. The first-order valence-electron chi connectivity index (χ1n) is 5.72. The minimum atomic E-state index is 0.687. The molecule has 0 saturated heterocycles. The van der Waals surface area contributed by atoms with E-state index < -0.39 is 0 Å². The minimum Gasteiger partial charge on any atom is -0.373 e. The molecule has 0 atom stereocenters. The fourth-order valence-corrected chi connectivity index (χ4v) is 1.73. The number of hydrogen-bond donors (Lipinski definition) is 1. The average molecular weight is 228 g/mol. The summed E-state index contributed by atoms with van der Waals surface area (Å²) in [5, 5.41) is 3.04. The van der Waals surface area contributed by atoms with Crippen LogP contribution in [-0.2, 0) is 6.42 Å². The molecule has 4 heteroatoms. The Kier molecular flexibility index (Phi) is 3.32. The molecule has 2 rings (SSSR count). The molecule has 17 heavy (non-hydrogen) atoms. The molecule has 4 nitrogen and oxygen atoms in total. The number of pyridine rings is 1. The molecule has 1 N–H and O–H groups in total. The van der Waals surface area contributed by atoms with Crippen molar-refractivity contribution in [2.75, 3.05) is 12.4 Å². The number of nitrogens with one attached hydrogen (secondary N) is 1. The Morgan fingerprint density at radius 2 is 2.12 bits per heavy atom. The normalized spacial score (nSPS) is 10.3. The lowest BCUT2D eigenvalue weighted by Crippen LogP contribution is -2.01. The van der Waals surface area contributed by atoms with Crippen molar-refractivity contribution in [1.82, 2.24) is 15.0 Å². The molecule has 2 aromatic heterocycles. The van der Waals surface area contributed by atoms with Crippen molar-refractivity contribution in [2.24, 2.45) is 0 Å². The van der Waals surface area contributed by atoms with Crippen molar-refractivity contribution in [2.45, 2.75) is 20.3 Å². The van der Waals surface area contributed by atoms with Crippen molar-refractivity contribution >= 4 is 5.82 Å². The second-order valence-electron chi connectivity index (χ2n) is 3.83. The van der Waals surface area contributed by atoms with Crippen LogP contribution in [-0.4, -0.2) is 22.0 Å². The van der Waals surface area contributed by atoms with E-state index in [1.54, 1.807) is 6.20 Å². The summed E-state index contributed by atoms with van der Waals surface area (Å²) in [4.78, 5) is 13.3. The smallest absolute Gasteiger partial charge is 0.180 e. The van der Waals surface area contributed by atoms with Crippen molar-refractivity contribution < 1.29 is 0 Å². The molecule has 0 aromatic carbocycles. The summed E-state index contributed by atoms with van der Waals surface area (Å²) in [6, 6.07) is 5.92. The van der Waals surface area contributed by atoms with Crippen LogP contribution in [0.15, 0.2) is 24.4 Å². The van der Waals surface area contributed by atoms with Crippen LogP contribution in [0.2, 0.25) is 0 Å². The van der Waals surface area contributed by atoms with Gasteiger partial charge in [0.25, 0.3) is 0 Å². The van der Waals surface area contributed by atoms with Crippen LogP contribution >= 0.6 is 0 Å². The Morgan fingerprint density at radius 1 is 1.29 bits per heavy atom. The standard InChI is InChI=1S/C13H16N4/c1-4-10-6-5-7-15-12(10)13-16-9(2)8-11(14-3)17-13/h5-8H,4H2,1-3H3,(H,14,16,17). The van der Waals surface area contributed by atoms with Crippen molar-refractivity contribution in [3.8, 4) is 11.5 Å². The van der Waals surface area contributed by atoms with Gasteiger partial charge in [0.1, 0.15) is 11.5 Å². The highest BCUT2D eigenvalue weighted by Crippen LogP contribution is 2.19. The Balaban J connectivity index is 2.55. The van der Waals surface area contributed by atoms with Crippen LogP contribution in [0.1, 0.15) is 18.2 Å². The van der Waals surface area contributed by atoms with Crippen LogP contribution < -0.4 is 5.32 Å². The maximum atomic E-state index is 4.45. The molecule has 0 aliphatic rings. The van der Waals surface area contributed by atoms with Crippen LogP contribution in [0, 0.1) is 6.92 Å². The quantitative estimate of drug-likeness (QED) is 0.876. The molecule has 2 aromatic rings. The minimum absolute atomic E-state index is 0.687. The van der Waals surface area contributed by atoms with E-state index in [0.717, 1.165) is 23.6 Å². The van der Waals surface area contributed by atoms with Crippen LogP contribution in [0.3, 0.4) is 0 Å². The zero-order valence-electron chi connectivity index (χ0n) is 10.4. The SMILES string of the molecule is CCc1cccnc1-c1nc(C)cc(NC)n1. The number of aromatic nitrogens is 3. The number of aryl methyl sites for hydroxylation is 2. The second-order valence-corrected chi connectivity index (χ2v) is 3.83. The van der Waals surface area contributed by atoms with E-state index in [9.17, 15) is 0 Å². The van der Waals surface area contributed by atoms with Gasteiger partial charge in [-0.25, -0.2) is 9.97 Å². The van der Waals surface area contributed by atoms with Crippen molar-refractivity contribution in [3.63, 3.8) is 0 Å². The highest BCUT2D eigenvalue weighted by atomic mass is 15.0. The topological polar surface area (TPSA) is 50.7 Å². The molecule has 0 spiro atoms. The van der Waals surface area contributed by atoms with Crippen LogP contribution in [0.5, 0.6) is 0 Å². The van der Waals surface area contributed by atoms with Gasteiger partial charge in [0.2, 0.25) is 0 Å². The van der Waals surface area contributed by atoms with Gasteiger partial charge in [-0.15, -0.1) is 0 Å². The molecule has 0 radical (unpaired) electrons. The van der Waals surface area contributed by atoms with Gasteiger partial charge in [0.05, 0.1) is 0 Å². The van der Waals surface area contributed by atoms with E-state index in [4.69, 9.17) is 0 Å². The van der Waals surface area contributed by atoms with Gasteiger partial charge in [-0.1, -0.05) is 13.0 Å². The Hall–Kier alpha value is -1.97. The third-order valence-electron chi connectivity index (χ3n) is 2.59. The summed E-state index contributed by atoms with van der Waals surface area (Å²) in [7, 11) is 1.85. The van der Waals surface area contributed by atoms with Crippen molar-refractivity contribution in [3.05, 3.63) is 35.7 Å². The molecule has 0 saturated carbocycles. The summed E-state index contributed by atoms with van der Waals surface area (Å²) < 4.78 is 0. The average Bonchev–Trinajstić information content (AvgIpc) is 2.37. The second kappa shape index (κ2) is 4.91. The molecule has 88 valence electrons. The van der Waals surface area contributed by atoms with Gasteiger partial charge in [0, 0.05) is 25.0 Å². The van der Waals surface area contributed by atoms with E-state index in [1.165, 1.54) is 5.56 Å². The van der Waals surface area contributed by atoms with Gasteiger partial charge >= 0.3 is 0 Å². The van der Waals surface area contributed by atoms with E-state index in [0.29, 0.717) is 5.82 Å². The summed E-state index contributed by atoms with van der Waals surface area (Å²) >= 11 is 0. The van der Waals surface area contributed by atoms with Gasteiger partial charge in [-0.3, -0.25) is 4.98 Å².